The van der Waals surface area contributed by atoms with Crippen molar-refractivity contribution in [3.8, 4) is 17.2 Å². The minimum Gasteiger partial charge on any atom is -0.486 e. The lowest BCUT2D eigenvalue weighted by Gasteiger charge is -2.21. The number of rotatable bonds is 6. The molecule has 1 aromatic heterocycles. The Morgan fingerprint density at radius 2 is 2.07 bits per heavy atom. The SMILES string of the molecule is C[C@@H](NC(=O)CSc1nccn1-c1cccc(F)c1)c1ccc2c(c1)OCCO2. The van der Waals surface area contributed by atoms with Crippen molar-refractivity contribution in [1.82, 2.24) is 14.9 Å². The van der Waals surface area contributed by atoms with E-state index in [1.807, 2.05) is 25.1 Å². The van der Waals surface area contributed by atoms with Gasteiger partial charge in [0.1, 0.15) is 19.0 Å². The maximum atomic E-state index is 13.5. The van der Waals surface area contributed by atoms with Gasteiger partial charge in [0.15, 0.2) is 16.7 Å². The van der Waals surface area contributed by atoms with Gasteiger partial charge < -0.3 is 14.8 Å². The molecule has 1 atom stereocenters. The van der Waals surface area contributed by atoms with Gasteiger partial charge in [0.05, 0.1) is 17.5 Å². The Kier molecular flexibility index (Phi) is 5.71. The second-order valence-corrected chi connectivity index (χ2v) is 7.48. The van der Waals surface area contributed by atoms with E-state index in [1.54, 1.807) is 29.1 Å². The number of hydrogen-bond acceptors (Lipinski definition) is 5. The van der Waals surface area contributed by atoms with Gasteiger partial charge in [0.2, 0.25) is 5.91 Å². The smallest absolute Gasteiger partial charge is 0.230 e. The quantitative estimate of drug-likeness (QED) is 0.624. The van der Waals surface area contributed by atoms with Crippen molar-refractivity contribution in [1.29, 1.82) is 0 Å². The Morgan fingerprint density at radius 3 is 2.90 bits per heavy atom. The third-order valence-electron chi connectivity index (χ3n) is 4.47. The van der Waals surface area contributed by atoms with E-state index < -0.39 is 0 Å². The summed E-state index contributed by atoms with van der Waals surface area (Å²) in [4.78, 5) is 16.7. The minimum absolute atomic E-state index is 0.119. The fourth-order valence-electron chi connectivity index (χ4n) is 3.04. The number of fused-ring (bicyclic) bond motifs is 1. The summed E-state index contributed by atoms with van der Waals surface area (Å²) in [6.45, 7) is 2.98. The largest absolute Gasteiger partial charge is 0.486 e. The van der Waals surface area contributed by atoms with Crippen molar-refractivity contribution < 1.29 is 18.7 Å². The minimum atomic E-state index is -0.321. The molecule has 6 nitrogen and oxygen atoms in total. The van der Waals surface area contributed by atoms with Crippen molar-refractivity contribution in [2.24, 2.45) is 0 Å². The average molecular weight is 413 g/mol. The van der Waals surface area contributed by atoms with E-state index in [0.29, 0.717) is 29.8 Å². The van der Waals surface area contributed by atoms with Crippen molar-refractivity contribution in [2.45, 2.75) is 18.1 Å². The highest BCUT2D eigenvalue weighted by Crippen LogP contribution is 2.32. The normalized spacial score (nSPS) is 13.7. The number of halogens is 1. The van der Waals surface area contributed by atoms with E-state index in [2.05, 4.69) is 10.3 Å². The number of benzene rings is 2. The first-order valence-electron chi connectivity index (χ1n) is 9.21. The van der Waals surface area contributed by atoms with Gasteiger partial charge in [-0.1, -0.05) is 23.9 Å². The van der Waals surface area contributed by atoms with Gasteiger partial charge >= 0.3 is 0 Å². The molecule has 150 valence electrons. The van der Waals surface area contributed by atoms with E-state index in [-0.39, 0.29) is 23.5 Å². The molecule has 8 heteroatoms. The van der Waals surface area contributed by atoms with Gasteiger partial charge in [-0.25, -0.2) is 9.37 Å². The van der Waals surface area contributed by atoms with Crippen LogP contribution in [-0.2, 0) is 4.79 Å². The molecule has 0 saturated carbocycles. The molecule has 1 N–H and O–H groups in total. The number of nitrogens with one attached hydrogen (secondary N) is 1. The molecule has 0 bridgehead atoms. The molecule has 0 aliphatic carbocycles. The molecule has 1 aliphatic rings. The van der Waals surface area contributed by atoms with Crippen LogP contribution >= 0.6 is 11.8 Å². The third-order valence-corrected chi connectivity index (χ3v) is 5.44. The van der Waals surface area contributed by atoms with Gasteiger partial charge in [-0.05, 0) is 42.8 Å². The van der Waals surface area contributed by atoms with Crippen molar-refractivity contribution in [3.63, 3.8) is 0 Å². The van der Waals surface area contributed by atoms with Gasteiger partial charge in [-0.15, -0.1) is 0 Å². The number of carbonyl (C=O) groups excluding carboxylic acids is 1. The van der Waals surface area contributed by atoms with Gasteiger partial charge in [-0.3, -0.25) is 9.36 Å². The number of ether oxygens (including phenoxy) is 2. The number of carbonyl (C=O) groups is 1. The predicted molar refractivity (Wildman–Crippen MR) is 108 cm³/mol. The zero-order valence-corrected chi connectivity index (χ0v) is 16.6. The third kappa shape index (κ3) is 4.54. The van der Waals surface area contributed by atoms with Crippen LogP contribution in [0.15, 0.2) is 60.0 Å². The van der Waals surface area contributed by atoms with Crippen molar-refractivity contribution in [3.05, 3.63) is 66.2 Å². The molecule has 0 radical (unpaired) electrons. The Labute approximate surface area is 172 Å². The van der Waals surface area contributed by atoms with Crippen molar-refractivity contribution >= 4 is 17.7 Å². The van der Waals surface area contributed by atoms with Crippen LogP contribution in [0.3, 0.4) is 0 Å². The molecule has 4 rings (SSSR count). The average Bonchev–Trinajstić information content (AvgIpc) is 3.20. The molecule has 1 amide bonds. The summed E-state index contributed by atoms with van der Waals surface area (Å²) in [6.07, 6.45) is 3.37. The number of hydrogen-bond donors (Lipinski definition) is 1. The zero-order valence-electron chi connectivity index (χ0n) is 15.8. The number of thioether (sulfide) groups is 1. The molecule has 3 aromatic rings. The molecule has 0 spiro atoms. The molecule has 0 saturated heterocycles. The summed E-state index contributed by atoms with van der Waals surface area (Å²) in [5.74, 6) is 1.17. The number of aromatic nitrogens is 2. The second kappa shape index (κ2) is 8.57. The van der Waals surface area contributed by atoms with E-state index in [1.165, 1.54) is 23.9 Å². The highest BCUT2D eigenvalue weighted by molar-refractivity contribution is 7.99. The zero-order chi connectivity index (χ0) is 20.2. The molecule has 29 heavy (non-hydrogen) atoms. The first-order valence-corrected chi connectivity index (χ1v) is 10.2. The summed E-state index contributed by atoms with van der Waals surface area (Å²) < 4.78 is 26.4. The fourth-order valence-corrected chi connectivity index (χ4v) is 3.83. The molecule has 1 aliphatic heterocycles. The van der Waals surface area contributed by atoms with Gasteiger partial charge in [0, 0.05) is 12.4 Å². The van der Waals surface area contributed by atoms with Gasteiger partial charge in [0.25, 0.3) is 0 Å². The summed E-state index contributed by atoms with van der Waals surface area (Å²) >= 11 is 1.30. The predicted octanol–water partition coefficient (Wildman–Crippen LogP) is 3.75. The first kappa shape index (κ1) is 19.3. The lowest BCUT2D eigenvalue weighted by atomic mass is 10.1. The molecule has 0 fully saturated rings. The van der Waals surface area contributed by atoms with E-state index >= 15 is 0 Å². The topological polar surface area (TPSA) is 65.4 Å². The van der Waals surface area contributed by atoms with Crippen LogP contribution in [0.2, 0.25) is 0 Å². The maximum absolute atomic E-state index is 13.5. The number of amides is 1. The number of imidazole rings is 1. The van der Waals surface area contributed by atoms with Crippen LogP contribution in [0.4, 0.5) is 4.39 Å². The fraction of sp³-hybridized carbons (Fsp3) is 0.238. The van der Waals surface area contributed by atoms with Gasteiger partial charge in [-0.2, -0.15) is 0 Å². The van der Waals surface area contributed by atoms with Crippen LogP contribution in [-0.4, -0.2) is 34.4 Å². The standard InChI is InChI=1S/C21H20FN3O3S/c1-14(15-5-6-18-19(11-15)28-10-9-27-18)24-20(26)13-29-21-23-7-8-25(21)17-4-2-3-16(22)12-17/h2-8,11-12,14H,9-10,13H2,1H3,(H,24,26)/t14-/m1/s1. The molecule has 2 heterocycles. The Morgan fingerprint density at radius 1 is 1.24 bits per heavy atom. The second-order valence-electron chi connectivity index (χ2n) is 6.54. The van der Waals surface area contributed by atoms with Crippen LogP contribution in [0.25, 0.3) is 5.69 Å². The molecule has 0 unspecified atom stereocenters. The Balaban J connectivity index is 1.37. The summed E-state index contributed by atoms with van der Waals surface area (Å²) in [5.41, 5.74) is 1.60. The summed E-state index contributed by atoms with van der Waals surface area (Å²) in [7, 11) is 0. The first-order chi connectivity index (χ1) is 14.1. The van der Waals surface area contributed by atoms with E-state index in [0.717, 1.165) is 11.3 Å². The Hall–Kier alpha value is -3.00. The lowest BCUT2D eigenvalue weighted by Crippen LogP contribution is -2.28. The highest BCUT2D eigenvalue weighted by Gasteiger charge is 2.16. The maximum Gasteiger partial charge on any atom is 0.230 e. The van der Waals surface area contributed by atoms with Crippen LogP contribution in [0, 0.1) is 5.82 Å². The van der Waals surface area contributed by atoms with Crippen LogP contribution < -0.4 is 14.8 Å². The van der Waals surface area contributed by atoms with Crippen LogP contribution in [0.5, 0.6) is 11.5 Å². The van der Waals surface area contributed by atoms with Crippen molar-refractivity contribution in [2.75, 3.05) is 19.0 Å². The Bertz CT molecular complexity index is 1020. The highest BCUT2D eigenvalue weighted by atomic mass is 32.2. The van der Waals surface area contributed by atoms with E-state index in [4.69, 9.17) is 9.47 Å². The summed E-state index contributed by atoms with van der Waals surface area (Å²) in [6, 6.07) is 11.7. The number of nitrogens with zero attached hydrogens (tertiary/aromatic N) is 2. The molecular formula is C21H20FN3O3S. The van der Waals surface area contributed by atoms with Crippen LogP contribution in [0.1, 0.15) is 18.5 Å². The summed E-state index contributed by atoms with van der Waals surface area (Å²) in [5, 5.41) is 3.60. The molecule has 2 aromatic carbocycles. The monoisotopic (exact) mass is 413 g/mol. The molecular weight excluding hydrogens is 393 g/mol. The van der Waals surface area contributed by atoms with E-state index in [9.17, 15) is 9.18 Å². The lowest BCUT2D eigenvalue weighted by molar-refractivity contribution is -0.119.